The van der Waals surface area contributed by atoms with E-state index in [1.165, 1.54) is 6.92 Å². The SMILES string of the molecule is CCNC(=O)[C@@H]1C[C@H](NC(C)=O)CN1Cc1ccc(OCCN(C)C)cc1. The molecule has 2 atom stereocenters. The molecule has 0 radical (unpaired) electrons. The van der Waals surface area contributed by atoms with E-state index in [1.54, 1.807) is 0 Å². The lowest BCUT2D eigenvalue weighted by molar-refractivity contribution is -0.125. The minimum Gasteiger partial charge on any atom is -0.492 e. The number of nitrogens with zero attached hydrogens (tertiary/aromatic N) is 2. The van der Waals surface area contributed by atoms with Gasteiger partial charge in [0.15, 0.2) is 0 Å². The first-order chi connectivity index (χ1) is 12.9. The number of nitrogens with one attached hydrogen (secondary N) is 2. The Balaban J connectivity index is 1.97. The Morgan fingerprint density at radius 3 is 2.56 bits per heavy atom. The summed E-state index contributed by atoms with van der Waals surface area (Å²) in [5.41, 5.74) is 1.12. The van der Waals surface area contributed by atoms with Crippen molar-refractivity contribution in [3.8, 4) is 5.75 Å². The van der Waals surface area contributed by atoms with Crippen LogP contribution in [0.5, 0.6) is 5.75 Å². The fraction of sp³-hybridized carbons (Fsp3) is 0.600. The Morgan fingerprint density at radius 2 is 1.96 bits per heavy atom. The van der Waals surface area contributed by atoms with Crippen molar-refractivity contribution in [1.82, 2.24) is 20.4 Å². The minimum absolute atomic E-state index is 0.00347. The normalized spacial score (nSPS) is 19.9. The number of rotatable bonds is 9. The Hall–Kier alpha value is -2.12. The molecule has 2 rings (SSSR count). The van der Waals surface area contributed by atoms with Crippen LogP contribution in [0.15, 0.2) is 24.3 Å². The fourth-order valence-corrected chi connectivity index (χ4v) is 3.31. The predicted molar refractivity (Wildman–Crippen MR) is 106 cm³/mol. The lowest BCUT2D eigenvalue weighted by atomic mass is 10.1. The van der Waals surface area contributed by atoms with E-state index >= 15 is 0 Å². The summed E-state index contributed by atoms with van der Waals surface area (Å²) in [7, 11) is 4.03. The van der Waals surface area contributed by atoms with E-state index in [4.69, 9.17) is 4.74 Å². The molecule has 1 aliphatic heterocycles. The molecule has 0 aromatic heterocycles. The standard InChI is InChI=1S/C20H32N4O3/c1-5-21-20(26)19-12-17(22-15(2)25)14-24(19)13-16-6-8-18(9-7-16)27-11-10-23(3)4/h6-9,17,19H,5,10-14H2,1-4H3,(H,21,26)(H,22,25)/t17-,19-/m0/s1. The molecule has 1 aliphatic rings. The third-order valence-corrected chi connectivity index (χ3v) is 4.58. The maximum absolute atomic E-state index is 12.4. The van der Waals surface area contributed by atoms with Gasteiger partial charge in [0.2, 0.25) is 11.8 Å². The highest BCUT2D eigenvalue weighted by atomic mass is 16.5. The molecule has 1 heterocycles. The topological polar surface area (TPSA) is 73.9 Å². The molecular weight excluding hydrogens is 344 g/mol. The average Bonchev–Trinajstić information content (AvgIpc) is 2.98. The third kappa shape index (κ3) is 6.84. The van der Waals surface area contributed by atoms with E-state index in [0.717, 1.165) is 17.9 Å². The van der Waals surface area contributed by atoms with Gasteiger partial charge in [-0.15, -0.1) is 0 Å². The molecule has 2 N–H and O–H groups in total. The van der Waals surface area contributed by atoms with E-state index in [-0.39, 0.29) is 23.9 Å². The van der Waals surface area contributed by atoms with Gasteiger partial charge in [-0.25, -0.2) is 0 Å². The van der Waals surface area contributed by atoms with Gasteiger partial charge < -0.3 is 20.3 Å². The highest BCUT2D eigenvalue weighted by Crippen LogP contribution is 2.22. The van der Waals surface area contributed by atoms with Crippen LogP contribution < -0.4 is 15.4 Å². The van der Waals surface area contributed by atoms with Gasteiger partial charge >= 0.3 is 0 Å². The number of likely N-dealkylation sites (N-methyl/N-ethyl adjacent to an activating group) is 2. The van der Waals surface area contributed by atoms with Crippen LogP contribution in [0.1, 0.15) is 25.8 Å². The van der Waals surface area contributed by atoms with Gasteiger partial charge in [-0.2, -0.15) is 0 Å². The summed E-state index contributed by atoms with van der Waals surface area (Å²) >= 11 is 0. The molecular formula is C20H32N4O3. The van der Waals surface area contributed by atoms with Crippen LogP contribution in [0.2, 0.25) is 0 Å². The maximum Gasteiger partial charge on any atom is 0.237 e. The molecule has 27 heavy (non-hydrogen) atoms. The number of amides is 2. The summed E-state index contributed by atoms with van der Waals surface area (Å²) < 4.78 is 5.73. The number of benzene rings is 1. The Bertz CT molecular complexity index is 618. The second-order valence-corrected chi connectivity index (χ2v) is 7.27. The van der Waals surface area contributed by atoms with Crippen molar-refractivity contribution in [2.24, 2.45) is 0 Å². The van der Waals surface area contributed by atoms with E-state index in [0.29, 0.717) is 32.7 Å². The van der Waals surface area contributed by atoms with Crippen molar-refractivity contribution >= 4 is 11.8 Å². The Kier molecular flexibility index (Phi) is 8.06. The third-order valence-electron chi connectivity index (χ3n) is 4.58. The second kappa shape index (κ2) is 10.3. The molecule has 150 valence electrons. The number of hydrogen-bond donors (Lipinski definition) is 2. The van der Waals surface area contributed by atoms with Gasteiger partial charge in [-0.05, 0) is 45.1 Å². The summed E-state index contributed by atoms with van der Waals surface area (Å²) in [6.45, 7) is 6.88. The second-order valence-electron chi connectivity index (χ2n) is 7.27. The fourth-order valence-electron chi connectivity index (χ4n) is 3.31. The van der Waals surface area contributed by atoms with E-state index in [1.807, 2.05) is 45.3 Å². The van der Waals surface area contributed by atoms with Gasteiger partial charge in [0, 0.05) is 39.1 Å². The van der Waals surface area contributed by atoms with Gasteiger partial charge in [0.05, 0.1) is 6.04 Å². The smallest absolute Gasteiger partial charge is 0.237 e. The molecule has 1 aromatic rings. The maximum atomic E-state index is 12.4. The van der Waals surface area contributed by atoms with Crippen molar-refractivity contribution in [3.63, 3.8) is 0 Å². The first-order valence-corrected chi connectivity index (χ1v) is 9.54. The van der Waals surface area contributed by atoms with Crippen LogP contribution in [0.25, 0.3) is 0 Å². The lowest BCUT2D eigenvalue weighted by Crippen LogP contribution is -2.42. The predicted octanol–water partition coefficient (Wildman–Crippen LogP) is 0.842. The lowest BCUT2D eigenvalue weighted by Gasteiger charge is -2.23. The molecule has 2 amide bonds. The van der Waals surface area contributed by atoms with Crippen molar-refractivity contribution < 1.29 is 14.3 Å². The molecule has 0 spiro atoms. The highest BCUT2D eigenvalue weighted by Gasteiger charge is 2.36. The minimum atomic E-state index is -0.224. The highest BCUT2D eigenvalue weighted by molar-refractivity contribution is 5.82. The summed E-state index contributed by atoms with van der Waals surface area (Å²) in [5, 5.41) is 5.84. The van der Waals surface area contributed by atoms with Crippen LogP contribution in [0.4, 0.5) is 0 Å². The quantitative estimate of drug-likeness (QED) is 0.668. The Labute approximate surface area is 162 Å². The monoisotopic (exact) mass is 376 g/mol. The van der Waals surface area contributed by atoms with E-state index in [9.17, 15) is 9.59 Å². The van der Waals surface area contributed by atoms with Crippen LogP contribution in [-0.4, -0.2) is 74.0 Å². The summed E-state index contributed by atoms with van der Waals surface area (Å²) in [6.07, 6.45) is 0.636. The molecule has 1 saturated heterocycles. The molecule has 0 saturated carbocycles. The largest absolute Gasteiger partial charge is 0.492 e. The number of hydrogen-bond acceptors (Lipinski definition) is 5. The molecule has 7 nitrogen and oxygen atoms in total. The van der Waals surface area contributed by atoms with Crippen molar-refractivity contribution in [1.29, 1.82) is 0 Å². The first kappa shape index (κ1) is 21.2. The van der Waals surface area contributed by atoms with E-state index < -0.39 is 0 Å². The molecule has 1 fully saturated rings. The molecule has 7 heteroatoms. The van der Waals surface area contributed by atoms with Gasteiger partial charge in [-0.3, -0.25) is 14.5 Å². The number of ether oxygens (including phenoxy) is 1. The van der Waals surface area contributed by atoms with Gasteiger partial charge in [0.1, 0.15) is 12.4 Å². The van der Waals surface area contributed by atoms with Crippen LogP contribution in [0.3, 0.4) is 0 Å². The molecule has 1 aromatic carbocycles. The summed E-state index contributed by atoms with van der Waals surface area (Å²) in [4.78, 5) is 28.0. The zero-order chi connectivity index (χ0) is 19.8. The number of carbonyl (C=O) groups is 2. The van der Waals surface area contributed by atoms with Gasteiger partial charge in [-0.1, -0.05) is 12.1 Å². The number of likely N-dealkylation sites (tertiary alicyclic amines) is 1. The number of carbonyl (C=O) groups excluding carboxylic acids is 2. The van der Waals surface area contributed by atoms with Crippen molar-refractivity contribution in [3.05, 3.63) is 29.8 Å². The first-order valence-electron chi connectivity index (χ1n) is 9.54. The van der Waals surface area contributed by atoms with E-state index in [2.05, 4.69) is 20.4 Å². The van der Waals surface area contributed by atoms with Gasteiger partial charge in [0.25, 0.3) is 0 Å². The summed E-state index contributed by atoms with van der Waals surface area (Å²) in [6, 6.07) is 7.78. The summed E-state index contributed by atoms with van der Waals surface area (Å²) in [5.74, 6) is 0.808. The molecule has 0 aliphatic carbocycles. The van der Waals surface area contributed by atoms with Crippen LogP contribution in [-0.2, 0) is 16.1 Å². The zero-order valence-electron chi connectivity index (χ0n) is 16.8. The average molecular weight is 377 g/mol. The zero-order valence-corrected chi connectivity index (χ0v) is 16.8. The molecule has 0 unspecified atom stereocenters. The molecule has 0 bridgehead atoms. The van der Waals surface area contributed by atoms with Crippen LogP contribution in [0, 0.1) is 0 Å². The van der Waals surface area contributed by atoms with Crippen LogP contribution >= 0.6 is 0 Å². The van der Waals surface area contributed by atoms with Crippen molar-refractivity contribution in [2.75, 3.05) is 40.3 Å². The van der Waals surface area contributed by atoms with Crippen molar-refractivity contribution in [2.45, 2.75) is 38.9 Å². The Morgan fingerprint density at radius 1 is 1.26 bits per heavy atom.